The zero-order valence-electron chi connectivity index (χ0n) is 13.8. The summed E-state index contributed by atoms with van der Waals surface area (Å²) in [5.41, 5.74) is 0. The van der Waals surface area contributed by atoms with E-state index in [0.717, 1.165) is 19.4 Å². The summed E-state index contributed by atoms with van der Waals surface area (Å²) in [6.45, 7) is 5.26. The third-order valence-corrected chi connectivity index (χ3v) is 6.43. The number of likely N-dealkylation sites (N-methyl/N-ethyl adjacent to an activating group) is 1. The molecule has 3 nitrogen and oxygen atoms in total. The number of aliphatic hydroxyl groups excluding tert-OH is 1. The first-order valence-corrected chi connectivity index (χ1v) is 9.62. The van der Waals surface area contributed by atoms with Crippen molar-refractivity contribution in [3.63, 3.8) is 0 Å². The molecular weight excluding hydrogens is 401 g/mol. The van der Waals surface area contributed by atoms with Gasteiger partial charge in [-0.25, -0.2) is 8.78 Å². The average molecular weight is 430 g/mol. The molecule has 0 amide bonds. The average Bonchev–Trinajstić information content (AvgIpc) is 2.36. The summed E-state index contributed by atoms with van der Waals surface area (Å²) in [7, 11) is 2.11. The molecule has 1 aliphatic carbocycles. The fourth-order valence-corrected chi connectivity index (χ4v) is 4.85. The molecule has 2 fully saturated rings. The maximum absolute atomic E-state index is 13.0. The summed E-state index contributed by atoms with van der Waals surface area (Å²) >= 11 is 2.40. The molecule has 0 aromatic heterocycles. The summed E-state index contributed by atoms with van der Waals surface area (Å²) in [5.74, 6) is -2.52. The van der Waals surface area contributed by atoms with Crippen molar-refractivity contribution in [2.45, 2.75) is 80.7 Å². The molecule has 22 heavy (non-hydrogen) atoms. The normalized spacial score (nSPS) is 31.5. The number of alkyl halides is 3. The van der Waals surface area contributed by atoms with Crippen LogP contribution in [0.15, 0.2) is 0 Å². The van der Waals surface area contributed by atoms with Crippen LogP contribution in [0.3, 0.4) is 0 Å². The monoisotopic (exact) mass is 430 g/mol. The summed E-state index contributed by atoms with van der Waals surface area (Å²) in [6.07, 6.45) is 3.11. The van der Waals surface area contributed by atoms with E-state index in [1.165, 1.54) is 6.42 Å². The molecule has 0 bridgehead atoms. The molecule has 130 valence electrons. The van der Waals surface area contributed by atoms with Gasteiger partial charge in [-0.15, -0.1) is 0 Å². The van der Waals surface area contributed by atoms with Gasteiger partial charge in [0.25, 0.3) is 0 Å². The lowest BCUT2D eigenvalue weighted by atomic mass is 9.78. The van der Waals surface area contributed by atoms with Gasteiger partial charge in [-0.3, -0.25) is 4.90 Å². The Morgan fingerprint density at radius 1 is 1.32 bits per heavy atom. The van der Waals surface area contributed by atoms with Crippen LogP contribution in [0.4, 0.5) is 8.78 Å². The number of halogens is 3. The Balaban J connectivity index is 1.93. The fourth-order valence-electron chi connectivity index (χ4n) is 3.58. The van der Waals surface area contributed by atoms with E-state index in [1.807, 2.05) is 0 Å². The van der Waals surface area contributed by atoms with Crippen molar-refractivity contribution < 1.29 is 13.9 Å². The summed E-state index contributed by atoms with van der Waals surface area (Å²) in [4.78, 5) is 4.48. The molecule has 0 aromatic carbocycles. The molecule has 1 aliphatic heterocycles. The third kappa shape index (κ3) is 4.74. The lowest BCUT2D eigenvalue weighted by Crippen LogP contribution is -2.55. The molecule has 2 aliphatic rings. The Kier molecular flexibility index (Phi) is 6.47. The van der Waals surface area contributed by atoms with Gasteiger partial charge in [0.2, 0.25) is 5.92 Å². The third-order valence-electron chi connectivity index (χ3n) is 5.17. The molecule has 2 rings (SSSR count). The van der Waals surface area contributed by atoms with Crippen LogP contribution in [0.5, 0.6) is 0 Å². The number of nitrogens with zero attached hydrogens (tertiary/aromatic N) is 2. The molecule has 3 unspecified atom stereocenters. The number of hydrogen-bond acceptors (Lipinski definition) is 3. The largest absolute Gasteiger partial charge is 0.378 e. The van der Waals surface area contributed by atoms with Gasteiger partial charge in [-0.2, -0.15) is 0 Å². The first-order chi connectivity index (χ1) is 10.2. The minimum atomic E-state index is -2.49. The van der Waals surface area contributed by atoms with Gasteiger partial charge in [0, 0.05) is 31.5 Å². The predicted octanol–water partition coefficient (Wildman–Crippen LogP) is 3.70. The minimum absolute atomic E-state index is 0.0287. The van der Waals surface area contributed by atoms with Gasteiger partial charge in [0.05, 0.1) is 4.05 Å². The molecule has 0 radical (unpaired) electrons. The minimum Gasteiger partial charge on any atom is -0.378 e. The van der Waals surface area contributed by atoms with Crippen molar-refractivity contribution in [3.05, 3.63) is 0 Å². The number of aliphatic hydroxyl groups is 1. The second kappa shape index (κ2) is 7.57. The lowest BCUT2D eigenvalue weighted by Gasteiger charge is -2.46. The molecule has 1 saturated carbocycles. The zero-order chi connectivity index (χ0) is 16.5. The second-order valence-corrected chi connectivity index (χ2v) is 8.78. The van der Waals surface area contributed by atoms with E-state index in [4.69, 9.17) is 0 Å². The fraction of sp³-hybridized carbons (Fsp3) is 1.00. The zero-order valence-corrected chi connectivity index (χ0v) is 16.0. The molecule has 0 aromatic rings. The number of piperidine rings is 1. The topological polar surface area (TPSA) is 26.7 Å². The van der Waals surface area contributed by atoms with E-state index in [2.05, 4.69) is 53.3 Å². The van der Waals surface area contributed by atoms with E-state index in [0.29, 0.717) is 22.6 Å². The van der Waals surface area contributed by atoms with Gasteiger partial charge in [0.1, 0.15) is 6.23 Å². The van der Waals surface area contributed by atoms with Crippen LogP contribution < -0.4 is 0 Å². The second-order valence-electron chi connectivity index (χ2n) is 7.35. The molecule has 0 spiro atoms. The van der Waals surface area contributed by atoms with Crippen molar-refractivity contribution in [2.24, 2.45) is 5.92 Å². The van der Waals surface area contributed by atoms with E-state index in [9.17, 15) is 13.9 Å². The molecule has 6 heteroatoms. The Labute approximate surface area is 146 Å². The highest BCUT2D eigenvalue weighted by atomic mass is 127. The van der Waals surface area contributed by atoms with Crippen LogP contribution >= 0.6 is 22.6 Å². The van der Waals surface area contributed by atoms with Crippen LogP contribution in [0.25, 0.3) is 0 Å². The Morgan fingerprint density at radius 3 is 2.50 bits per heavy atom. The SMILES string of the molecule is CC(C)N(C)CC1CCCC(I)N1C(O)CC1CC(F)(F)C1. The highest BCUT2D eigenvalue weighted by molar-refractivity contribution is 14.1. The lowest BCUT2D eigenvalue weighted by molar-refractivity contribution is -0.138. The van der Waals surface area contributed by atoms with Crippen LogP contribution in [-0.2, 0) is 0 Å². The molecule has 1 saturated heterocycles. The van der Waals surface area contributed by atoms with Crippen molar-refractivity contribution in [3.8, 4) is 0 Å². The van der Waals surface area contributed by atoms with E-state index >= 15 is 0 Å². The maximum atomic E-state index is 13.0. The quantitative estimate of drug-likeness (QED) is 0.396. The van der Waals surface area contributed by atoms with Gasteiger partial charge in [-0.1, -0.05) is 22.6 Å². The highest BCUT2D eigenvalue weighted by Crippen LogP contribution is 2.45. The number of rotatable bonds is 6. The molecule has 3 atom stereocenters. The van der Waals surface area contributed by atoms with Gasteiger partial charge >= 0.3 is 0 Å². The summed E-state index contributed by atoms with van der Waals surface area (Å²) in [6, 6.07) is 0.789. The summed E-state index contributed by atoms with van der Waals surface area (Å²) in [5, 5.41) is 10.6. The Bertz CT molecular complexity index is 362. The van der Waals surface area contributed by atoms with E-state index in [1.54, 1.807) is 0 Å². The summed E-state index contributed by atoms with van der Waals surface area (Å²) < 4.78 is 26.3. The number of likely N-dealkylation sites (tertiary alicyclic amines) is 1. The van der Waals surface area contributed by atoms with Gasteiger partial charge < -0.3 is 10.0 Å². The standard InChI is InChI=1S/C16H29F2IN2O/c1-11(2)20(3)10-13-5-4-6-14(19)21(13)15(22)7-12-8-16(17,18)9-12/h11-15,22H,4-10H2,1-3H3. The van der Waals surface area contributed by atoms with E-state index in [-0.39, 0.29) is 18.8 Å². The van der Waals surface area contributed by atoms with Crippen molar-refractivity contribution in [2.75, 3.05) is 13.6 Å². The van der Waals surface area contributed by atoms with Crippen molar-refractivity contribution in [1.29, 1.82) is 0 Å². The van der Waals surface area contributed by atoms with Crippen molar-refractivity contribution >= 4 is 22.6 Å². The first-order valence-electron chi connectivity index (χ1n) is 8.37. The number of hydrogen-bond donors (Lipinski definition) is 1. The first kappa shape index (κ1) is 18.8. The highest BCUT2D eigenvalue weighted by Gasteiger charge is 2.47. The molecule has 1 heterocycles. The van der Waals surface area contributed by atoms with Crippen LogP contribution in [-0.4, -0.2) is 56.8 Å². The Morgan fingerprint density at radius 2 is 1.95 bits per heavy atom. The maximum Gasteiger partial charge on any atom is 0.248 e. The molecular formula is C16H29F2IN2O. The van der Waals surface area contributed by atoms with Crippen molar-refractivity contribution in [1.82, 2.24) is 9.80 Å². The van der Waals surface area contributed by atoms with Crippen LogP contribution in [0.2, 0.25) is 0 Å². The van der Waals surface area contributed by atoms with Crippen LogP contribution in [0.1, 0.15) is 52.4 Å². The van der Waals surface area contributed by atoms with Crippen LogP contribution in [0, 0.1) is 5.92 Å². The van der Waals surface area contributed by atoms with E-state index < -0.39 is 12.2 Å². The van der Waals surface area contributed by atoms with Gasteiger partial charge in [0.15, 0.2) is 0 Å². The molecule has 1 N–H and O–H groups in total. The Hall–Kier alpha value is 0.470. The predicted molar refractivity (Wildman–Crippen MR) is 93.3 cm³/mol. The van der Waals surface area contributed by atoms with Gasteiger partial charge in [-0.05, 0) is 52.5 Å². The smallest absolute Gasteiger partial charge is 0.248 e.